The third-order valence-corrected chi connectivity index (χ3v) is 16.9. The number of carbonyl (C=O) groups is 1. The lowest BCUT2D eigenvalue weighted by molar-refractivity contribution is -0.398. The van der Waals surface area contributed by atoms with Crippen molar-refractivity contribution in [3.8, 4) is 0 Å². The van der Waals surface area contributed by atoms with E-state index in [1.54, 1.807) is 6.92 Å². The number of fused-ring (bicyclic) bond motifs is 3. The molecular weight excluding hydrogens is 908 g/mol. The Kier molecular flexibility index (Phi) is 16.5. The molecule has 0 bridgehead atoms. The molecule has 0 aromatic carbocycles. The highest BCUT2D eigenvalue weighted by Crippen LogP contribution is 2.68. The first-order valence-electron chi connectivity index (χ1n) is 23.7. The van der Waals surface area contributed by atoms with E-state index in [4.69, 9.17) is 37.9 Å². The molecule has 0 spiro atoms. The average molecular weight is 983 g/mol. The van der Waals surface area contributed by atoms with Crippen molar-refractivity contribution in [2.45, 2.75) is 207 Å². The fraction of sp³-hybridized carbons (Fsp3) is 0.933. The summed E-state index contributed by atoms with van der Waals surface area (Å²) in [6.45, 7) is 9.30. The number of rotatable bonds is 12. The highest BCUT2D eigenvalue weighted by Gasteiger charge is 2.64. The van der Waals surface area contributed by atoms with E-state index in [9.17, 15) is 76.3 Å². The van der Waals surface area contributed by atoms with Gasteiger partial charge in [-0.15, -0.1) is 0 Å². The lowest BCUT2D eigenvalue weighted by Crippen LogP contribution is -2.67. The number of carbonyl (C=O) groups excluding carboxylic acids is 1. The highest BCUT2D eigenvalue weighted by molar-refractivity contribution is 5.77. The Bertz CT molecular complexity index is 1740. The van der Waals surface area contributed by atoms with Crippen LogP contribution in [0.2, 0.25) is 0 Å². The summed E-state index contributed by atoms with van der Waals surface area (Å²) in [5.74, 6) is -0.935. The van der Waals surface area contributed by atoms with Crippen molar-refractivity contribution >= 4 is 5.97 Å². The number of esters is 1. The first-order valence-corrected chi connectivity index (χ1v) is 23.7. The third kappa shape index (κ3) is 9.57. The second-order valence-corrected chi connectivity index (χ2v) is 21.2. The van der Waals surface area contributed by atoms with Crippen LogP contribution in [0, 0.1) is 28.1 Å². The second-order valence-electron chi connectivity index (χ2n) is 21.2. The van der Waals surface area contributed by atoms with E-state index in [1.165, 1.54) is 0 Å². The SMILES string of the molecule is C=C1C[C@@]2(C)CCC3[C@@](C)(CCC[C@@]3(C)C(=O)OC3OC(CO)C(O)C(O)C3O)C2CC[C@@]1(C)OC1OC(CO)C(O)C(OC2OC(CO)C(O)C(O)C2O)C1OC1OC(CO)C(O)C(O)C1O. The topological polar surface area (TPSA) is 374 Å². The molecule has 26 atom stereocenters. The largest absolute Gasteiger partial charge is 0.432 e. The third-order valence-electron chi connectivity index (χ3n) is 16.9. The zero-order chi connectivity index (χ0) is 50.0. The zero-order valence-electron chi connectivity index (χ0n) is 38.8. The van der Waals surface area contributed by atoms with Gasteiger partial charge in [0.15, 0.2) is 18.9 Å². The van der Waals surface area contributed by atoms with E-state index in [0.717, 1.165) is 6.42 Å². The highest BCUT2D eigenvalue weighted by atomic mass is 16.8. The molecule has 7 fully saturated rings. The van der Waals surface area contributed by atoms with E-state index < -0.39 is 177 Å². The lowest BCUT2D eigenvalue weighted by atomic mass is 9.42. The standard InChI is InChI=1S/C45H74O23/c1-18-13-42(2)11-7-24-43(3,9-6-10-44(24,4)41(60)67-39-34(59)31(56)27(52)21(16-48)63-39)23(42)8-12-45(18,5)68-40-36(66-38-33(58)30(55)26(51)20(15-47)62-38)35(28(53)22(17-49)64-40)65-37-32(57)29(54)25(50)19(14-46)61-37/h19-40,46-59H,1,6-17H2,2-5H3/t19?,20?,21?,22?,23?,24?,25?,26?,27?,28?,29?,30?,31?,32?,33?,34?,35?,36?,37?,38?,39?,40?,42-,43+,44-,45-/m1/s1. The molecule has 68 heavy (non-hydrogen) atoms. The van der Waals surface area contributed by atoms with Gasteiger partial charge < -0.3 is 109 Å². The molecule has 0 aromatic heterocycles. The Balaban J connectivity index is 1.17. The van der Waals surface area contributed by atoms with Gasteiger partial charge in [0.2, 0.25) is 6.29 Å². The van der Waals surface area contributed by atoms with E-state index in [1.807, 2.05) is 6.92 Å². The van der Waals surface area contributed by atoms with Crippen LogP contribution in [0.4, 0.5) is 0 Å². The zero-order valence-corrected chi connectivity index (χ0v) is 38.8. The van der Waals surface area contributed by atoms with Gasteiger partial charge in [-0.05, 0) is 87.0 Å². The van der Waals surface area contributed by atoms with Crippen LogP contribution in [0.5, 0.6) is 0 Å². The van der Waals surface area contributed by atoms with Crippen molar-refractivity contribution in [1.29, 1.82) is 0 Å². The lowest BCUT2D eigenvalue weighted by Gasteiger charge is -2.62. The minimum absolute atomic E-state index is 0.0571. The summed E-state index contributed by atoms with van der Waals surface area (Å²) in [5, 5.41) is 148. The molecular formula is C45H74O23. The first kappa shape index (κ1) is 54.2. The first-order chi connectivity index (χ1) is 31.9. The van der Waals surface area contributed by atoms with Crippen molar-refractivity contribution in [2.24, 2.45) is 28.1 Å². The van der Waals surface area contributed by atoms with Gasteiger partial charge in [-0.25, -0.2) is 0 Å². The molecule has 23 nitrogen and oxygen atoms in total. The molecule has 22 unspecified atom stereocenters. The molecule has 0 amide bonds. The molecule has 3 saturated carbocycles. The Morgan fingerprint density at radius 1 is 0.544 bits per heavy atom. The van der Waals surface area contributed by atoms with E-state index in [-0.39, 0.29) is 18.3 Å². The maximum absolute atomic E-state index is 14.3. The summed E-state index contributed by atoms with van der Waals surface area (Å²) >= 11 is 0. The van der Waals surface area contributed by atoms with Crippen molar-refractivity contribution < 1.29 is 114 Å². The van der Waals surface area contributed by atoms with Crippen molar-refractivity contribution in [3.63, 3.8) is 0 Å². The summed E-state index contributed by atoms with van der Waals surface area (Å²) in [6, 6.07) is 0. The van der Waals surface area contributed by atoms with Gasteiger partial charge >= 0.3 is 5.97 Å². The summed E-state index contributed by atoms with van der Waals surface area (Å²) in [6.07, 6.45) is -30.1. The van der Waals surface area contributed by atoms with Crippen LogP contribution in [0.1, 0.15) is 79.1 Å². The molecule has 23 heteroatoms. The van der Waals surface area contributed by atoms with Gasteiger partial charge in [-0.3, -0.25) is 4.79 Å². The average Bonchev–Trinajstić information content (AvgIpc) is 3.40. The Morgan fingerprint density at radius 3 is 1.50 bits per heavy atom. The van der Waals surface area contributed by atoms with Gasteiger partial charge in [-0.1, -0.05) is 26.8 Å². The van der Waals surface area contributed by atoms with Crippen LogP contribution in [-0.4, -0.2) is 232 Å². The molecule has 14 N–H and O–H groups in total. The summed E-state index contributed by atoms with van der Waals surface area (Å²) in [4.78, 5) is 14.3. The van der Waals surface area contributed by atoms with Crippen LogP contribution in [0.15, 0.2) is 12.2 Å². The fourth-order valence-electron chi connectivity index (χ4n) is 12.7. The Labute approximate surface area is 393 Å². The van der Waals surface area contributed by atoms with Gasteiger partial charge in [0, 0.05) is 0 Å². The summed E-state index contributed by atoms with van der Waals surface area (Å²) in [7, 11) is 0. The molecule has 4 aliphatic heterocycles. The summed E-state index contributed by atoms with van der Waals surface area (Å²) < 4.78 is 48.0. The second kappa shape index (κ2) is 20.7. The quantitative estimate of drug-likeness (QED) is 0.0648. The van der Waals surface area contributed by atoms with Gasteiger partial charge in [0.25, 0.3) is 0 Å². The fourth-order valence-corrected chi connectivity index (χ4v) is 12.7. The van der Waals surface area contributed by atoms with E-state index in [0.29, 0.717) is 44.1 Å². The molecule has 392 valence electrons. The molecule has 0 aromatic rings. The predicted octanol–water partition coefficient (Wildman–Crippen LogP) is -4.48. The molecule has 7 aliphatic rings. The molecule has 4 heterocycles. The minimum Gasteiger partial charge on any atom is -0.432 e. The van der Waals surface area contributed by atoms with Gasteiger partial charge in [0.1, 0.15) is 97.7 Å². The Morgan fingerprint density at radius 2 is 0.985 bits per heavy atom. The van der Waals surface area contributed by atoms with Crippen molar-refractivity contribution in [1.82, 2.24) is 0 Å². The number of hydrogen-bond donors (Lipinski definition) is 14. The van der Waals surface area contributed by atoms with Crippen molar-refractivity contribution in [2.75, 3.05) is 26.4 Å². The molecule has 4 saturated heterocycles. The number of aliphatic hydroxyl groups excluding tert-OH is 14. The normalized spacial score (nSPS) is 53.5. The van der Waals surface area contributed by atoms with Crippen LogP contribution in [0.25, 0.3) is 0 Å². The van der Waals surface area contributed by atoms with Crippen LogP contribution < -0.4 is 0 Å². The molecule has 7 rings (SSSR count). The van der Waals surface area contributed by atoms with Crippen molar-refractivity contribution in [3.05, 3.63) is 12.2 Å². The predicted molar refractivity (Wildman–Crippen MR) is 226 cm³/mol. The van der Waals surface area contributed by atoms with Gasteiger partial charge in [-0.2, -0.15) is 0 Å². The number of ether oxygens (including phenoxy) is 8. The maximum atomic E-state index is 14.3. The maximum Gasteiger partial charge on any atom is 0.314 e. The van der Waals surface area contributed by atoms with E-state index in [2.05, 4.69) is 20.4 Å². The molecule has 3 aliphatic carbocycles. The smallest absolute Gasteiger partial charge is 0.314 e. The van der Waals surface area contributed by atoms with Crippen LogP contribution in [-0.2, 0) is 42.7 Å². The van der Waals surface area contributed by atoms with E-state index >= 15 is 0 Å². The Hall–Kier alpha value is -1.63. The molecule has 0 radical (unpaired) electrons. The van der Waals surface area contributed by atoms with Crippen LogP contribution in [0.3, 0.4) is 0 Å². The minimum atomic E-state index is -1.97. The monoisotopic (exact) mass is 982 g/mol. The number of aliphatic hydroxyl groups is 14. The number of hydrogen-bond acceptors (Lipinski definition) is 23. The van der Waals surface area contributed by atoms with Gasteiger partial charge in [0.05, 0.1) is 37.4 Å². The summed E-state index contributed by atoms with van der Waals surface area (Å²) in [5.41, 5.74) is -2.62. The van der Waals surface area contributed by atoms with Crippen LogP contribution >= 0.6 is 0 Å².